The predicted octanol–water partition coefficient (Wildman–Crippen LogP) is 5.23. The molecule has 2 N–H and O–H groups in total. The maximum absolute atomic E-state index is 13.1. The van der Waals surface area contributed by atoms with Gasteiger partial charge >= 0.3 is 6.18 Å². The van der Waals surface area contributed by atoms with Gasteiger partial charge in [-0.25, -0.2) is 0 Å². The molecule has 2 rings (SSSR count). The molecule has 1 aliphatic rings. The Labute approximate surface area is 132 Å². The molecule has 3 atom stereocenters. The van der Waals surface area contributed by atoms with Gasteiger partial charge in [0, 0.05) is 16.1 Å². The summed E-state index contributed by atoms with van der Waals surface area (Å²) in [6, 6.07) is 4.41. The minimum absolute atomic E-state index is 0.172. The second kappa shape index (κ2) is 6.76. The fourth-order valence-corrected chi connectivity index (χ4v) is 3.57. The summed E-state index contributed by atoms with van der Waals surface area (Å²) in [5.74, 6) is -1.85. The molecule has 21 heavy (non-hydrogen) atoms. The Balaban J connectivity index is 2.14. The molecular formula is C15H18Cl2F3N. The Morgan fingerprint density at radius 2 is 1.86 bits per heavy atom. The second-order valence-electron chi connectivity index (χ2n) is 5.70. The maximum atomic E-state index is 13.1. The van der Waals surface area contributed by atoms with Crippen molar-refractivity contribution in [3.63, 3.8) is 0 Å². The van der Waals surface area contributed by atoms with Gasteiger partial charge in [-0.3, -0.25) is 0 Å². The molecule has 0 aromatic heterocycles. The van der Waals surface area contributed by atoms with Gasteiger partial charge in [0.1, 0.15) is 0 Å². The summed E-state index contributed by atoms with van der Waals surface area (Å²) in [5.41, 5.74) is 6.80. The smallest absolute Gasteiger partial charge is 0.327 e. The van der Waals surface area contributed by atoms with E-state index in [2.05, 4.69) is 0 Å². The fourth-order valence-electron chi connectivity index (χ4n) is 3.18. The first-order chi connectivity index (χ1) is 9.79. The molecule has 0 heterocycles. The van der Waals surface area contributed by atoms with Crippen molar-refractivity contribution in [2.24, 2.45) is 17.6 Å². The van der Waals surface area contributed by atoms with Crippen molar-refractivity contribution < 1.29 is 13.2 Å². The van der Waals surface area contributed by atoms with Crippen molar-refractivity contribution in [3.8, 4) is 0 Å². The van der Waals surface area contributed by atoms with Crippen molar-refractivity contribution in [2.45, 2.75) is 44.3 Å². The first-order valence-corrected chi connectivity index (χ1v) is 7.81. The van der Waals surface area contributed by atoms with Crippen LogP contribution in [-0.4, -0.2) is 12.2 Å². The van der Waals surface area contributed by atoms with Crippen LogP contribution in [0.15, 0.2) is 18.2 Å². The largest absolute Gasteiger partial charge is 0.392 e. The highest BCUT2D eigenvalue weighted by atomic mass is 35.5. The number of rotatable bonds is 3. The molecule has 0 radical (unpaired) electrons. The predicted molar refractivity (Wildman–Crippen MR) is 79.6 cm³/mol. The molecule has 1 aromatic carbocycles. The van der Waals surface area contributed by atoms with Crippen molar-refractivity contribution in [3.05, 3.63) is 33.8 Å². The van der Waals surface area contributed by atoms with Crippen LogP contribution in [-0.2, 0) is 6.42 Å². The normalized spacial score (nSPS) is 24.9. The number of benzene rings is 1. The van der Waals surface area contributed by atoms with Gasteiger partial charge in [-0.05, 0) is 48.9 Å². The summed E-state index contributed by atoms with van der Waals surface area (Å²) in [6.07, 6.45) is -1.76. The van der Waals surface area contributed by atoms with Crippen molar-refractivity contribution >= 4 is 23.2 Å². The van der Waals surface area contributed by atoms with Crippen molar-refractivity contribution in [1.82, 2.24) is 0 Å². The third kappa shape index (κ3) is 4.27. The lowest BCUT2D eigenvalue weighted by Crippen LogP contribution is -2.44. The van der Waals surface area contributed by atoms with Crippen LogP contribution in [0, 0.1) is 11.8 Å². The Bertz CT molecular complexity index is 490. The number of hydrogen-bond donors (Lipinski definition) is 1. The summed E-state index contributed by atoms with van der Waals surface area (Å²) in [6.45, 7) is 0. The summed E-state index contributed by atoms with van der Waals surface area (Å²) < 4.78 is 39.4. The minimum atomic E-state index is -4.18. The molecule has 0 saturated heterocycles. The molecular weight excluding hydrogens is 322 g/mol. The highest BCUT2D eigenvalue weighted by Crippen LogP contribution is 2.43. The van der Waals surface area contributed by atoms with E-state index < -0.39 is 24.1 Å². The SMILES string of the molecule is NC(Cc1cc(Cl)ccc1Cl)C1CCCCC1C(F)(F)F. The zero-order chi connectivity index (χ0) is 15.6. The molecule has 3 unspecified atom stereocenters. The van der Waals surface area contributed by atoms with Gasteiger partial charge in [0.05, 0.1) is 5.92 Å². The Morgan fingerprint density at radius 1 is 1.19 bits per heavy atom. The monoisotopic (exact) mass is 339 g/mol. The standard InChI is InChI=1S/C15H18Cl2F3N/c16-10-5-6-13(17)9(7-10)8-14(21)11-3-1-2-4-12(11)15(18,19)20/h5-7,11-12,14H,1-4,8,21H2. The molecule has 1 saturated carbocycles. The molecule has 1 aromatic rings. The molecule has 0 bridgehead atoms. The van der Waals surface area contributed by atoms with Crippen molar-refractivity contribution in [1.29, 1.82) is 0 Å². The second-order valence-corrected chi connectivity index (χ2v) is 6.54. The van der Waals surface area contributed by atoms with Crippen molar-refractivity contribution in [2.75, 3.05) is 0 Å². The van der Waals surface area contributed by atoms with Crippen LogP contribution in [0.4, 0.5) is 13.2 Å². The van der Waals surface area contributed by atoms with E-state index in [9.17, 15) is 13.2 Å². The van der Waals surface area contributed by atoms with E-state index in [-0.39, 0.29) is 6.42 Å². The zero-order valence-corrected chi connectivity index (χ0v) is 13.0. The Kier molecular flexibility index (Phi) is 5.44. The third-order valence-electron chi connectivity index (χ3n) is 4.25. The van der Waals surface area contributed by atoms with Crippen LogP contribution in [0.1, 0.15) is 31.2 Å². The van der Waals surface area contributed by atoms with E-state index in [1.54, 1.807) is 18.2 Å². The Morgan fingerprint density at radius 3 is 2.52 bits per heavy atom. The first kappa shape index (κ1) is 16.9. The molecule has 0 spiro atoms. The van der Waals surface area contributed by atoms with Gasteiger partial charge in [0.2, 0.25) is 0 Å². The molecule has 0 amide bonds. The fraction of sp³-hybridized carbons (Fsp3) is 0.600. The topological polar surface area (TPSA) is 26.0 Å². The van der Waals surface area contributed by atoms with Gasteiger partial charge in [-0.2, -0.15) is 13.2 Å². The lowest BCUT2D eigenvalue weighted by Gasteiger charge is -2.36. The van der Waals surface area contributed by atoms with Gasteiger partial charge in [-0.15, -0.1) is 0 Å². The van der Waals surface area contributed by atoms with E-state index in [0.717, 1.165) is 6.42 Å². The van der Waals surface area contributed by atoms with E-state index in [1.165, 1.54) is 0 Å². The highest BCUT2D eigenvalue weighted by molar-refractivity contribution is 6.33. The summed E-state index contributed by atoms with van der Waals surface area (Å²) in [4.78, 5) is 0. The lowest BCUT2D eigenvalue weighted by molar-refractivity contribution is -0.198. The average Bonchev–Trinajstić information content (AvgIpc) is 2.42. The summed E-state index contributed by atoms with van der Waals surface area (Å²) >= 11 is 12.0. The molecule has 0 aliphatic heterocycles. The quantitative estimate of drug-likeness (QED) is 0.801. The average molecular weight is 340 g/mol. The Hall–Kier alpha value is -0.450. The van der Waals surface area contributed by atoms with Crippen LogP contribution in [0.3, 0.4) is 0 Å². The van der Waals surface area contributed by atoms with E-state index >= 15 is 0 Å². The summed E-state index contributed by atoms with van der Waals surface area (Å²) in [7, 11) is 0. The van der Waals surface area contributed by atoms with Crippen LogP contribution in [0.2, 0.25) is 10.0 Å². The number of hydrogen-bond acceptors (Lipinski definition) is 1. The van der Waals surface area contributed by atoms with E-state index in [0.29, 0.717) is 34.9 Å². The van der Waals surface area contributed by atoms with E-state index in [4.69, 9.17) is 28.9 Å². The summed E-state index contributed by atoms with van der Waals surface area (Å²) in [5, 5.41) is 1.01. The molecule has 1 nitrogen and oxygen atoms in total. The molecule has 118 valence electrons. The molecule has 1 fully saturated rings. The number of nitrogens with two attached hydrogens (primary N) is 1. The number of halogens is 5. The minimum Gasteiger partial charge on any atom is -0.327 e. The van der Waals surface area contributed by atoms with Crippen LogP contribution in [0.5, 0.6) is 0 Å². The maximum Gasteiger partial charge on any atom is 0.392 e. The highest BCUT2D eigenvalue weighted by Gasteiger charge is 2.47. The lowest BCUT2D eigenvalue weighted by atomic mass is 9.73. The van der Waals surface area contributed by atoms with Crippen LogP contribution >= 0.6 is 23.2 Å². The zero-order valence-electron chi connectivity index (χ0n) is 11.5. The van der Waals surface area contributed by atoms with Crippen LogP contribution < -0.4 is 5.73 Å². The van der Waals surface area contributed by atoms with Gasteiger partial charge < -0.3 is 5.73 Å². The number of alkyl halides is 3. The van der Waals surface area contributed by atoms with Gasteiger partial charge in [0.15, 0.2) is 0 Å². The third-order valence-corrected chi connectivity index (χ3v) is 4.86. The van der Waals surface area contributed by atoms with E-state index in [1.807, 2.05) is 0 Å². The first-order valence-electron chi connectivity index (χ1n) is 7.05. The van der Waals surface area contributed by atoms with Crippen LogP contribution in [0.25, 0.3) is 0 Å². The molecule has 6 heteroatoms. The van der Waals surface area contributed by atoms with Gasteiger partial charge in [0.25, 0.3) is 0 Å². The van der Waals surface area contributed by atoms with Gasteiger partial charge in [-0.1, -0.05) is 36.0 Å². The molecule has 1 aliphatic carbocycles.